The Kier molecular flexibility index (Phi) is 4.74. The van der Waals surface area contributed by atoms with E-state index in [2.05, 4.69) is 20.9 Å². The Balaban J connectivity index is 1.82. The van der Waals surface area contributed by atoms with E-state index in [0.29, 0.717) is 12.4 Å². The summed E-state index contributed by atoms with van der Waals surface area (Å²) in [6.45, 7) is 8.32. The summed E-state index contributed by atoms with van der Waals surface area (Å²) in [5.74, 6) is 0.205. The third-order valence-electron chi connectivity index (χ3n) is 3.03. The summed E-state index contributed by atoms with van der Waals surface area (Å²) in [5.41, 5.74) is 1.85. The number of carbonyl (C=O) groups is 1. The molecule has 2 rings (SSSR count). The van der Waals surface area contributed by atoms with Gasteiger partial charge in [0, 0.05) is 18.3 Å². The van der Waals surface area contributed by atoms with Gasteiger partial charge in [0.15, 0.2) is 0 Å². The topological polar surface area (TPSA) is 85.0 Å². The summed E-state index contributed by atoms with van der Waals surface area (Å²) >= 11 is 0. The summed E-state index contributed by atoms with van der Waals surface area (Å²) in [7, 11) is 0. The SMILES string of the molecule is Cc1cnn(CC(C)NC(C)C(=O)Nc2cc(C)no2)c1. The minimum atomic E-state index is -0.345. The fraction of sp³-hybridized carbons (Fsp3) is 0.500. The minimum Gasteiger partial charge on any atom is -0.338 e. The highest BCUT2D eigenvalue weighted by molar-refractivity contribution is 5.93. The fourth-order valence-electron chi connectivity index (χ4n) is 2.05. The molecule has 21 heavy (non-hydrogen) atoms. The van der Waals surface area contributed by atoms with Gasteiger partial charge >= 0.3 is 0 Å². The summed E-state index contributed by atoms with van der Waals surface area (Å²) in [6, 6.07) is 1.45. The molecule has 2 aromatic rings. The predicted molar refractivity (Wildman–Crippen MR) is 78.9 cm³/mol. The molecule has 0 spiro atoms. The maximum Gasteiger partial charge on any atom is 0.243 e. The van der Waals surface area contributed by atoms with Crippen LogP contribution in [0.15, 0.2) is 23.0 Å². The van der Waals surface area contributed by atoms with Crippen LogP contribution in [0.25, 0.3) is 0 Å². The molecule has 0 aromatic carbocycles. The molecule has 2 unspecified atom stereocenters. The number of nitrogens with zero attached hydrogens (tertiary/aromatic N) is 3. The van der Waals surface area contributed by atoms with E-state index < -0.39 is 0 Å². The van der Waals surface area contributed by atoms with Gasteiger partial charge in [-0.1, -0.05) is 5.16 Å². The molecule has 7 nitrogen and oxygen atoms in total. The summed E-state index contributed by atoms with van der Waals surface area (Å²) < 4.78 is 6.82. The monoisotopic (exact) mass is 291 g/mol. The molecule has 7 heteroatoms. The van der Waals surface area contributed by atoms with E-state index in [4.69, 9.17) is 4.52 Å². The van der Waals surface area contributed by atoms with Crippen molar-refractivity contribution in [2.75, 3.05) is 5.32 Å². The van der Waals surface area contributed by atoms with Crippen LogP contribution in [0.1, 0.15) is 25.1 Å². The lowest BCUT2D eigenvalue weighted by molar-refractivity contribution is -0.118. The van der Waals surface area contributed by atoms with Gasteiger partial charge < -0.3 is 9.84 Å². The third kappa shape index (κ3) is 4.42. The number of hydrogen-bond acceptors (Lipinski definition) is 5. The number of nitrogens with one attached hydrogen (secondary N) is 2. The lowest BCUT2D eigenvalue weighted by Crippen LogP contribution is -2.44. The predicted octanol–water partition coefficient (Wildman–Crippen LogP) is 1.49. The van der Waals surface area contributed by atoms with Crippen LogP contribution in [0.5, 0.6) is 0 Å². The average molecular weight is 291 g/mol. The zero-order valence-corrected chi connectivity index (χ0v) is 12.8. The lowest BCUT2D eigenvalue weighted by atomic mass is 10.2. The second kappa shape index (κ2) is 6.53. The van der Waals surface area contributed by atoms with Crippen LogP contribution in [-0.4, -0.2) is 32.9 Å². The van der Waals surface area contributed by atoms with Crippen molar-refractivity contribution in [1.29, 1.82) is 0 Å². The molecule has 2 N–H and O–H groups in total. The van der Waals surface area contributed by atoms with Gasteiger partial charge in [-0.05, 0) is 33.3 Å². The summed E-state index contributed by atoms with van der Waals surface area (Å²) in [6.07, 6.45) is 3.79. The van der Waals surface area contributed by atoms with Gasteiger partial charge in [0.1, 0.15) is 0 Å². The molecular formula is C14H21N5O2. The molecule has 0 fully saturated rings. The first-order chi connectivity index (χ1) is 9.94. The normalized spacial score (nSPS) is 13.9. The van der Waals surface area contributed by atoms with E-state index in [-0.39, 0.29) is 18.0 Å². The number of rotatable bonds is 6. The molecule has 2 atom stereocenters. The molecule has 1 amide bonds. The van der Waals surface area contributed by atoms with E-state index in [1.54, 1.807) is 13.0 Å². The van der Waals surface area contributed by atoms with Crippen molar-refractivity contribution in [3.63, 3.8) is 0 Å². The zero-order valence-electron chi connectivity index (χ0n) is 12.8. The van der Waals surface area contributed by atoms with Crippen molar-refractivity contribution >= 4 is 11.8 Å². The lowest BCUT2D eigenvalue weighted by Gasteiger charge is -2.19. The highest BCUT2D eigenvalue weighted by Gasteiger charge is 2.17. The Morgan fingerprint density at radius 2 is 2.19 bits per heavy atom. The van der Waals surface area contributed by atoms with E-state index in [9.17, 15) is 4.79 Å². The smallest absolute Gasteiger partial charge is 0.243 e. The van der Waals surface area contributed by atoms with Crippen LogP contribution in [-0.2, 0) is 11.3 Å². The average Bonchev–Trinajstić information content (AvgIpc) is 2.98. The molecule has 0 saturated heterocycles. The Morgan fingerprint density at radius 1 is 1.43 bits per heavy atom. The van der Waals surface area contributed by atoms with Crippen molar-refractivity contribution in [2.45, 2.75) is 46.3 Å². The molecule has 0 saturated carbocycles. The minimum absolute atomic E-state index is 0.113. The van der Waals surface area contributed by atoms with E-state index in [1.807, 2.05) is 37.8 Å². The highest BCUT2D eigenvalue weighted by Crippen LogP contribution is 2.08. The number of aryl methyl sites for hydroxylation is 2. The van der Waals surface area contributed by atoms with Crippen molar-refractivity contribution < 1.29 is 9.32 Å². The standard InChI is InChI=1S/C14H21N5O2/c1-9-6-15-19(7-9)8-11(3)16-12(4)14(20)17-13-5-10(2)18-21-13/h5-7,11-12,16H,8H2,1-4H3,(H,17,20). The van der Waals surface area contributed by atoms with Crippen LogP contribution in [0.2, 0.25) is 0 Å². The maximum absolute atomic E-state index is 12.0. The van der Waals surface area contributed by atoms with Crippen molar-refractivity contribution in [3.05, 3.63) is 29.7 Å². The van der Waals surface area contributed by atoms with E-state index >= 15 is 0 Å². The maximum atomic E-state index is 12.0. The van der Waals surface area contributed by atoms with Crippen LogP contribution >= 0.6 is 0 Å². The van der Waals surface area contributed by atoms with Gasteiger partial charge in [0.25, 0.3) is 0 Å². The number of carbonyl (C=O) groups excluding carboxylic acids is 1. The van der Waals surface area contributed by atoms with Crippen molar-refractivity contribution in [1.82, 2.24) is 20.3 Å². The first kappa shape index (κ1) is 15.2. The highest BCUT2D eigenvalue weighted by atomic mass is 16.5. The Hall–Kier alpha value is -2.15. The molecule has 0 aliphatic rings. The van der Waals surface area contributed by atoms with Crippen molar-refractivity contribution in [2.24, 2.45) is 0 Å². The van der Waals surface area contributed by atoms with Crippen LogP contribution < -0.4 is 10.6 Å². The van der Waals surface area contributed by atoms with Gasteiger partial charge in [-0.15, -0.1) is 0 Å². The molecule has 0 aliphatic carbocycles. The van der Waals surface area contributed by atoms with Gasteiger partial charge in [0.05, 0.1) is 24.5 Å². The summed E-state index contributed by atoms with van der Waals surface area (Å²) in [5, 5.41) is 13.9. The Bertz CT molecular complexity index is 604. The number of amides is 1. The van der Waals surface area contributed by atoms with Gasteiger partial charge in [0.2, 0.25) is 11.8 Å². The molecule has 0 radical (unpaired) electrons. The van der Waals surface area contributed by atoms with Gasteiger partial charge in [-0.25, -0.2) is 0 Å². The zero-order chi connectivity index (χ0) is 15.4. The van der Waals surface area contributed by atoms with Crippen molar-refractivity contribution in [3.8, 4) is 0 Å². The Morgan fingerprint density at radius 3 is 2.76 bits per heavy atom. The van der Waals surface area contributed by atoms with Crippen LogP contribution in [0.4, 0.5) is 5.88 Å². The van der Waals surface area contributed by atoms with Gasteiger partial charge in [-0.2, -0.15) is 5.10 Å². The van der Waals surface area contributed by atoms with E-state index in [0.717, 1.165) is 11.3 Å². The number of hydrogen-bond donors (Lipinski definition) is 2. The molecule has 0 bridgehead atoms. The molecule has 2 aromatic heterocycles. The molecular weight excluding hydrogens is 270 g/mol. The molecule has 2 heterocycles. The second-order valence-electron chi connectivity index (χ2n) is 5.35. The Labute approximate surface area is 123 Å². The quantitative estimate of drug-likeness (QED) is 0.842. The number of anilines is 1. The van der Waals surface area contributed by atoms with Crippen LogP contribution in [0.3, 0.4) is 0 Å². The first-order valence-electron chi connectivity index (χ1n) is 6.93. The fourth-order valence-corrected chi connectivity index (χ4v) is 2.05. The summed E-state index contributed by atoms with van der Waals surface area (Å²) in [4.78, 5) is 12.0. The van der Waals surface area contributed by atoms with E-state index in [1.165, 1.54) is 0 Å². The number of aromatic nitrogens is 3. The second-order valence-corrected chi connectivity index (χ2v) is 5.35. The first-order valence-corrected chi connectivity index (χ1v) is 6.93. The van der Waals surface area contributed by atoms with Gasteiger partial charge in [-0.3, -0.25) is 14.8 Å². The third-order valence-corrected chi connectivity index (χ3v) is 3.03. The molecule has 114 valence electrons. The van der Waals surface area contributed by atoms with Crippen LogP contribution in [0, 0.1) is 13.8 Å². The largest absolute Gasteiger partial charge is 0.338 e. The molecule has 0 aliphatic heterocycles.